The van der Waals surface area contributed by atoms with Gasteiger partial charge in [0.25, 0.3) is 0 Å². The summed E-state index contributed by atoms with van der Waals surface area (Å²) in [5, 5.41) is 4.83. The predicted molar refractivity (Wildman–Crippen MR) is 67.5 cm³/mol. The van der Waals surface area contributed by atoms with Gasteiger partial charge in [-0.2, -0.15) is 4.57 Å². The van der Waals surface area contributed by atoms with Gasteiger partial charge in [-0.3, -0.25) is 0 Å². The Morgan fingerprint density at radius 2 is 2.06 bits per heavy atom. The van der Waals surface area contributed by atoms with Gasteiger partial charge < -0.3 is 24.0 Å². The van der Waals surface area contributed by atoms with E-state index in [1.807, 2.05) is 6.07 Å². The van der Waals surface area contributed by atoms with Crippen molar-refractivity contribution in [3.63, 3.8) is 0 Å². The van der Waals surface area contributed by atoms with E-state index >= 15 is 0 Å². The highest BCUT2D eigenvalue weighted by atomic mass is 127. The molecule has 4 nitrogen and oxygen atoms in total. The molecule has 0 N–H and O–H groups in total. The highest BCUT2D eigenvalue weighted by molar-refractivity contribution is 5.78. The number of benzene rings is 1. The van der Waals surface area contributed by atoms with E-state index in [4.69, 9.17) is 5.53 Å². The quantitative estimate of drug-likeness (QED) is 0.187. The molecule has 0 fully saturated rings. The maximum Gasteiger partial charge on any atom is 0.212 e. The number of nitrogens with zero attached hydrogens (tertiary/aromatic N) is 4. The van der Waals surface area contributed by atoms with Gasteiger partial charge in [0.15, 0.2) is 6.20 Å². The van der Waals surface area contributed by atoms with Crippen molar-refractivity contribution < 1.29 is 28.5 Å². The Hall–Kier alpha value is -1.33. The third kappa shape index (κ3) is 3.34. The topological polar surface area (TPSA) is 52.6 Å². The summed E-state index contributed by atoms with van der Waals surface area (Å²) in [5.74, 6) is 0. The standard InChI is InChI=1S/C13H15N4.HI/c1-11-7-10-17(9-4-8-15-16-14)13-6-3-2-5-12(11)13;/h2-3,5-7,10H,4,8-9H2,1H3;1H/q+1;/p-1. The minimum absolute atomic E-state index is 0. The second-order valence-corrected chi connectivity index (χ2v) is 4.02. The average molecular weight is 354 g/mol. The van der Waals surface area contributed by atoms with E-state index in [-0.39, 0.29) is 24.0 Å². The number of fused-ring (bicyclic) bond motifs is 1. The Morgan fingerprint density at radius 3 is 2.83 bits per heavy atom. The molecule has 0 aliphatic rings. The molecule has 0 saturated heterocycles. The number of para-hydroxylation sites is 1. The molecule has 5 heteroatoms. The molecule has 2 aromatic rings. The van der Waals surface area contributed by atoms with Crippen molar-refractivity contribution in [3.05, 3.63) is 52.5 Å². The number of pyridine rings is 1. The van der Waals surface area contributed by atoms with Crippen LogP contribution in [0.4, 0.5) is 0 Å². The molecule has 0 aliphatic carbocycles. The Kier molecular flexibility index (Phi) is 5.88. The van der Waals surface area contributed by atoms with E-state index in [1.54, 1.807) is 0 Å². The summed E-state index contributed by atoms with van der Waals surface area (Å²) in [6, 6.07) is 10.5. The number of halogens is 1. The molecule has 0 amide bonds. The van der Waals surface area contributed by atoms with Crippen molar-refractivity contribution in [2.24, 2.45) is 5.11 Å². The van der Waals surface area contributed by atoms with E-state index in [9.17, 15) is 0 Å². The number of rotatable bonds is 4. The van der Waals surface area contributed by atoms with Crippen molar-refractivity contribution in [2.75, 3.05) is 6.54 Å². The van der Waals surface area contributed by atoms with Gasteiger partial charge in [0.2, 0.25) is 5.52 Å². The van der Waals surface area contributed by atoms with Crippen molar-refractivity contribution in [3.8, 4) is 0 Å². The first kappa shape index (κ1) is 14.7. The summed E-state index contributed by atoms with van der Waals surface area (Å²) in [4.78, 5) is 2.76. The molecule has 1 heterocycles. The lowest BCUT2D eigenvalue weighted by Crippen LogP contribution is -3.00. The van der Waals surface area contributed by atoms with E-state index in [2.05, 4.69) is 52.0 Å². The Labute approximate surface area is 123 Å². The van der Waals surface area contributed by atoms with Crippen LogP contribution in [0.2, 0.25) is 0 Å². The van der Waals surface area contributed by atoms with Crippen molar-refractivity contribution >= 4 is 10.9 Å². The van der Waals surface area contributed by atoms with Gasteiger partial charge in [-0.25, -0.2) is 0 Å². The molecule has 0 spiro atoms. The summed E-state index contributed by atoms with van der Waals surface area (Å²) in [7, 11) is 0. The molecule has 0 radical (unpaired) electrons. The molecule has 0 aliphatic heterocycles. The van der Waals surface area contributed by atoms with Crippen LogP contribution in [0.25, 0.3) is 21.3 Å². The Morgan fingerprint density at radius 1 is 1.28 bits per heavy atom. The Bertz CT molecular complexity index is 576. The largest absolute Gasteiger partial charge is 1.00 e. The van der Waals surface area contributed by atoms with Gasteiger partial charge in [-0.1, -0.05) is 17.2 Å². The molecule has 18 heavy (non-hydrogen) atoms. The van der Waals surface area contributed by atoms with Gasteiger partial charge in [-0.15, -0.1) is 0 Å². The fourth-order valence-corrected chi connectivity index (χ4v) is 1.98. The minimum atomic E-state index is 0. The molecule has 2 rings (SSSR count). The first-order valence-corrected chi connectivity index (χ1v) is 5.71. The molecule has 1 aromatic carbocycles. The second-order valence-electron chi connectivity index (χ2n) is 4.02. The van der Waals surface area contributed by atoms with Crippen LogP contribution < -0.4 is 28.5 Å². The highest BCUT2D eigenvalue weighted by Gasteiger charge is 2.08. The van der Waals surface area contributed by atoms with Gasteiger partial charge in [-0.05, 0) is 24.1 Å². The highest BCUT2D eigenvalue weighted by Crippen LogP contribution is 2.13. The third-order valence-corrected chi connectivity index (χ3v) is 2.86. The van der Waals surface area contributed by atoms with E-state index in [1.165, 1.54) is 16.5 Å². The lowest BCUT2D eigenvalue weighted by atomic mass is 10.1. The smallest absolute Gasteiger partial charge is 0.212 e. The number of hydrogen-bond donors (Lipinski definition) is 0. The van der Waals surface area contributed by atoms with Crippen LogP contribution in [-0.2, 0) is 6.54 Å². The number of aromatic nitrogens is 1. The fraction of sp³-hybridized carbons (Fsp3) is 0.308. The summed E-state index contributed by atoms with van der Waals surface area (Å²) in [6.07, 6.45) is 2.95. The lowest BCUT2D eigenvalue weighted by molar-refractivity contribution is -0.671. The maximum atomic E-state index is 8.22. The van der Waals surface area contributed by atoms with E-state index in [0.717, 1.165) is 13.0 Å². The van der Waals surface area contributed by atoms with Gasteiger partial charge in [0.05, 0.1) is 0 Å². The van der Waals surface area contributed by atoms with Gasteiger partial charge in [0, 0.05) is 35.4 Å². The van der Waals surface area contributed by atoms with E-state index < -0.39 is 0 Å². The summed E-state index contributed by atoms with van der Waals surface area (Å²) >= 11 is 0. The second kappa shape index (κ2) is 7.18. The monoisotopic (exact) mass is 354 g/mol. The van der Waals surface area contributed by atoms with Crippen LogP contribution in [0, 0.1) is 6.92 Å². The summed E-state index contributed by atoms with van der Waals surface area (Å²) in [6.45, 7) is 3.54. The first-order chi connectivity index (χ1) is 8.33. The number of azide groups is 1. The van der Waals surface area contributed by atoms with Gasteiger partial charge in [0.1, 0.15) is 6.54 Å². The van der Waals surface area contributed by atoms with Crippen LogP contribution in [0.15, 0.2) is 41.6 Å². The minimum Gasteiger partial charge on any atom is -1.00 e. The molecule has 0 unspecified atom stereocenters. The molecule has 1 aromatic heterocycles. The Balaban J connectivity index is 0.00000162. The maximum absolute atomic E-state index is 8.22. The van der Waals surface area contributed by atoms with Crippen LogP contribution in [-0.4, -0.2) is 6.54 Å². The first-order valence-electron chi connectivity index (χ1n) is 5.71. The summed E-state index contributed by atoms with van der Waals surface area (Å²) in [5.41, 5.74) is 10.7. The summed E-state index contributed by atoms with van der Waals surface area (Å²) < 4.78 is 2.20. The lowest BCUT2D eigenvalue weighted by Gasteiger charge is -2.02. The van der Waals surface area contributed by atoms with Crippen LogP contribution in [0.1, 0.15) is 12.0 Å². The molecule has 0 bridgehead atoms. The zero-order valence-corrected chi connectivity index (χ0v) is 12.4. The predicted octanol–water partition coefficient (Wildman–Crippen LogP) is 0.140. The van der Waals surface area contributed by atoms with Crippen LogP contribution >= 0.6 is 0 Å². The van der Waals surface area contributed by atoms with Crippen molar-refractivity contribution in [1.82, 2.24) is 0 Å². The molecule has 0 atom stereocenters. The molecular weight excluding hydrogens is 339 g/mol. The molecular formula is C13H15IN4. The number of aryl methyl sites for hydroxylation is 2. The van der Waals surface area contributed by atoms with Crippen LogP contribution in [0.5, 0.6) is 0 Å². The fourth-order valence-electron chi connectivity index (χ4n) is 1.98. The zero-order valence-electron chi connectivity index (χ0n) is 10.3. The average Bonchev–Trinajstić information content (AvgIpc) is 2.37. The van der Waals surface area contributed by atoms with Crippen molar-refractivity contribution in [1.29, 1.82) is 0 Å². The molecule has 94 valence electrons. The van der Waals surface area contributed by atoms with Crippen LogP contribution in [0.3, 0.4) is 0 Å². The number of hydrogen-bond acceptors (Lipinski definition) is 1. The van der Waals surface area contributed by atoms with E-state index in [0.29, 0.717) is 6.54 Å². The third-order valence-electron chi connectivity index (χ3n) is 2.86. The SMILES string of the molecule is Cc1cc[n+](CCCN=[N+]=[N-])c2ccccc12.[I-]. The van der Waals surface area contributed by atoms with Crippen molar-refractivity contribution in [2.45, 2.75) is 19.9 Å². The normalized spacial score (nSPS) is 9.61. The zero-order chi connectivity index (χ0) is 12.1. The molecule has 0 saturated carbocycles. The van der Waals surface area contributed by atoms with Gasteiger partial charge >= 0.3 is 0 Å².